The van der Waals surface area contributed by atoms with Crippen LogP contribution in [0.5, 0.6) is 0 Å². The van der Waals surface area contributed by atoms with Gasteiger partial charge in [0, 0.05) is 70.5 Å². The largest absolute Gasteiger partial charge is 0.377 e. The Morgan fingerprint density at radius 2 is 1.57 bits per heavy atom. The highest BCUT2D eigenvalue weighted by Gasteiger charge is 2.30. The predicted molar refractivity (Wildman–Crippen MR) is 137 cm³/mol. The third kappa shape index (κ3) is 5.56. The highest BCUT2D eigenvalue weighted by Crippen LogP contribution is 2.26. The SMILES string of the molecule is Cc1ccc(Cl)cc1S(=O)(=O)N1CCN(c2ccc(N3CCN(CC4CCCO4)CC3)nn2)CC1. The van der Waals surface area contributed by atoms with E-state index in [-0.39, 0.29) is 4.90 Å². The van der Waals surface area contributed by atoms with Gasteiger partial charge in [0.05, 0.1) is 11.0 Å². The van der Waals surface area contributed by atoms with Gasteiger partial charge in [-0.2, -0.15) is 4.31 Å². The number of benzene rings is 1. The first-order chi connectivity index (χ1) is 16.9. The first-order valence-electron chi connectivity index (χ1n) is 12.3. The molecule has 1 atom stereocenters. The second kappa shape index (κ2) is 10.6. The molecule has 35 heavy (non-hydrogen) atoms. The van der Waals surface area contributed by atoms with Gasteiger partial charge in [-0.3, -0.25) is 4.90 Å². The van der Waals surface area contributed by atoms with Crippen LogP contribution in [0.3, 0.4) is 0 Å². The Hall–Kier alpha value is -1.98. The molecular formula is C24H33ClN6O3S. The molecule has 1 aromatic heterocycles. The van der Waals surface area contributed by atoms with Crippen molar-refractivity contribution in [3.63, 3.8) is 0 Å². The van der Waals surface area contributed by atoms with E-state index in [1.54, 1.807) is 19.1 Å². The van der Waals surface area contributed by atoms with Crippen LogP contribution in [0.1, 0.15) is 18.4 Å². The summed E-state index contributed by atoms with van der Waals surface area (Å²) in [6.45, 7) is 9.51. The molecule has 0 saturated carbocycles. The minimum absolute atomic E-state index is 0.276. The molecule has 4 heterocycles. The van der Waals surface area contributed by atoms with E-state index >= 15 is 0 Å². The number of piperazine rings is 2. The van der Waals surface area contributed by atoms with Crippen molar-refractivity contribution in [1.82, 2.24) is 19.4 Å². The molecule has 0 amide bonds. The molecule has 3 saturated heterocycles. The molecule has 0 N–H and O–H groups in total. The highest BCUT2D eigenvalue weighted by molar-refractivity contribution is 7.89. The molecule has 9 nitrogen and oxygen atoms in total. The number of rotatable bonds is 6. The normalized spacial score (nSPS) is 22.6. The highest BCUT2D eigenvalue weighted by atomic mass is 35.5. The summed E-state index contributed by atoms with van der Waals surface area (Å²) in [4.78, 5) is 7.12. The molecular weight excluding hydrogens is 488 g/mol. The summed E-state index contributed by atoms with van der Waals surface area (Å²) in [6.07, 6.45) is 2.75. The first-order valence-corrected chi connectivity index (χ1v) is 14.2. The second-order valence-corrected chi connectivity index (χ2v) is 11.8. The molecule has 0 aliphatic carbocycles. The zero-order chi connectivity index (χ0) is 24.4. The van der Waals surface area contributed by atoms with Gasteiger partial charge in [0.25, 0.3) is 0 Å². The van der Waals surface area contributed by atoms with E-state index < -0.39 is 10.0 Å². The summed E-state index contributed by atoms with van der Waals surface area (Å²) in [6, 6.07) is 9.00. The van der Waals surface area contributed by atoms with Crippen molar-refractivity contribution < 1.29 is 13.2 Å². The first kappa shape index (κ1) is 24.7. The third-order valence-corrected chi connectivity index (χ3v) is 9.42. The van der Waals surface area contributed by atoms with Crippen LogP contribution in [0.25, 0.3) is 0 Å². The number of hydrogen-bond acceptors (Lipinski definition) is 8. The van der Waals surface area contributed by atoms with Gasteiger partial charge in [0.2, 0.25) is 10.0 Å². The molecule has 1 aromatic carbocycles. The van der Waals surface area contributed by atoms with Crippen LogP contribution in [0, 0.1) is 6.92 Å². The van der Waals surface area contributed by atoms with Gasteiger partial charge >= 0.3 is 0 Å². The minimum atomic E-state index is -3.59. The summed E-state index contributed by atoms with van der Waals surface area (Å²) in [7, 11) is -3.59. The zero-order valence-electron chi connectivity index (χ0n) is 20.1. The molecule has 190 valence electrons. The lowest BCUT2D eigenvalue weighted by Gasteiger charge is -2.36. The molecule has 1 unspecified atom stereocenters. The smallest absolute Gasteiger partial charge is 0.243 e. The van der Waals surface area contributed by atoms with Gasteiger partial charge in [0.15, 0.2) is 11.6 Å². The number of sulfonamides is 1. The van der Waals surface area contributed by atoms with Crippen LogP contribution in [0.4, 0.5) is 11.6 Å². The Bertz CT molecular complexity index is 1110. The standard InChI is InChI=1S/C24H33ClN6O3S/c1-19-4-5-20(25)17-22(19)35(32,33)31-14-12-30(13-15-31)24-7-6-23(26-27-24)29-10-8-28(9-11-29)18-21-3-2-16-34-21/h4-7,17,21H,2-3,8-16,18H2,1H3. The van der Waals surface area contributed by atoms with Crippen LogP contribution in [0.15, 0.2) is 35.2 Å². The molecule has 2 aromatic rings. The molecule has 0 spiro atoms. The van der Waals surface area contributed by atoms with Crippen molar-refractivity contribution >= 4 is 33.3 Å². The fourth-order valence-corrected chi connectivity index (χ4v) is 6.95. The van der Waals surface area contributed by atoms with Gasteiger partial charge in [-0.05, 0) is 49.6 Å². The lowest BCUT2D eigenvalue weighted by molar-refractivity contribution is 0.0712. The number of aryl methyl sites for hydroxylation is 1. The minimum Gasteiger partial charge on any atom is -0.377 e. The molecule has 3 aliphatic heterocycles. The summed E-state index contributed by atoms with van der Waals surface area (Å²) < 4.78 is 33.6. The molecule has 3 fully saturated rings. The third-order valence-electron chi connectivity index (χ3n) is 7.15. The van der Waals surface area contributed by atoms with Crippen LogP contribution in [-0.2, 0) is 14.8 Å². The number of nitrogens with zero attached hydrogens (tertiary/aromatic N) is 6. The summed E-state index contributed by atoms with van der Waals surface area (Å²) in [5, 5.41) is 9.38. The van der Waals surface area contributed by atoms with Crippen molar-refractivity contribution in [3.05, 3.63) is 40.9 Å². The molecule has 0 radical (unpaired) electrons. The molecule has 3 aliphatic rings. The monoisotopic (exact) mass is 520 g/mol. The topological polar surface area (TPSA) is 82.1 Å². The van der Waals surface area contributed by atoms with Crippen LogP contribution in [0.2, 0.25) is 5.02 Å². The van der Waals surface area contributed by atoms with Gasteiger partial charge in [-0.1, -0.05) is 17.7 Å². The van der Waals surface area contributed by atoms with Gasteiger partial charge < -0.3 is 14.5 Å². The van der Waals surface area contributed by atoms with E-state index in [1.165, 1.54) is 23.2 Å². The average molecular weight is 521 g/mol. The Morgan fingerprint density at radius 3 is 2.14 bits per heavy atom. The number of ether oxygens (including phenoxy) is 1. The lowest BCUT2D eigenvalue weighted by Crippen LogP contribution is -2.49. The van der Waals surface area contributed by atoms with E-state index in [9.17, 15) is 8.42 Å². The Balaban J connectivity index is 1.14. The van der Waals surface area contributed by atoms with Crippen molar-refractivity contribution in [1.29, 1.82) is 0 Å². The van der Waals surface area contributed by atoms with Crippen LogP contribution >= 0.6 is 11.6 Å². The van der Waals surface area contributed by atoms with Gasteiger partial charge in [-0.15, -0.1) is 10.2 Å². The number of anilines is 2. The lowest BCUT2D eigenvalue weighted by atomic mass is 10.2. The number of hydrogen-bond donors (Lipinski definition) is 0. The van der Waals surface area contributed by atoms with E-state index in [0.29, 0.717) is 42.9 Å². The average Bonchev–Trinajstić information content (AvgIpc) is 3.39. The van der Waals surface area contributed by atoms with Gasteiger partial charge in [0.1, 0.15) is 0 Å². The van der Waals surface area contributed by atoms with E-state index in [0.717, 1.165) is 51.0 Å². The zero-order valence-corrected chi connectivity index (χ0v) is 21.7. The summed E-state index contributed by atoms with van der Waals surface area (Å²) >= 11 is 6.06. The van der Waals surface area contributed by atoms with Crippen molar-refractivity contribution in [3.8, 4) is 0 Å². The quantitative estimate of drug-likeness (QED) is 0.573. The second-order valence-electron chi connectivity index (χ2n) is 9.47. The Kier molecular flexibility index (Phi) is 7.45. The van der Waals surface area contributed by atoms with Crippen molar-refractivity contribution in [2.75, 3.05) is 75.3 Å². The molecule has 11 heteroatoms. The fourth-order valence-electron chi connectivity index (χ4n) is 5.04. The fraction of sp³-hybridized carbons (Fsp3) is 0.583. The molecule has 5 rings (SSSR count). The van der Waals surface area contributed by atoms with E-state index in [4.69, 9.17) is 16.3 Å². The summed E-state index contributed by atoms with van der Waals surface area (Å²) in [5.74, 6) is 1.67. The predicted octanol–water partition coefficient (Wildman–Crippen LogP) is 2.25. The molecule has 0 bridgehead atoms. The van der Waals surface area contributed by atoms with Gasteiger partial charge in [-0.25, -0.2) is 8.42 Å². The maximum atomic E-state index is 13.1. The Morgan fingerprint density at radius 1 is 0.943 bits per heavy atom. The maximum absolute atomic E-state index is 13.1. The number of halogens is 1. The van der Waals surface area contributed by atoms with Crippen molar-refractivity contribution in [2.45, 2.75) is 30.8 Å². The summed E-state index contributed by atoms with van der Waals surface area (Å²) in [5.41, 5.74) is 0.700. The van der Waals surface area contributed by atoms with Crippen molar-refractivity contribution in [2.24, 2.45) is 0 Å². The van der Waals surface area contributed by atoms with E-state index in [1.807, 2.05) is 12.1 Å². The maximum Gasteiger partial charge on any atom is 0.243 e. The number of aromatic nitrogens is 2. The Labute approximate surface area is 212 Å². The van der Waals surface area contributed by atoms with Crippen LogP contribution < -0.4 is 9.80 Å². The van der Waals surface area contributed by atoms with Crippen LogP contribution in [-0.4, -0.2) is 99.4 Å². The van der Waals surface area contributed by atoms with E-state index in [2.05, 4.69) is 24.9 Å².